The minimum atomic E-state index is -1.03. The SMILES string of the molecule is O=C(O)COc1cccc(/C=N\Nc2nc(Nc3ccccc3)nc(N3CCCCC3)n2)c1. The van der Waals surface area contributed by atoms with E-state index in [4.69, 9.17) is 9.84 Å². The Morgan fingerprint density at radius 2 is 1.82 bits per heavy atom. The highest BCUT2D eigenvalue weighted by atomic mass is 16.5. The highest BCUT2D eigenvalue weighted by molar-refractivity contribution is 5.80. The molecule has 4 rings (SSSR count). The van der Waals surface area contributed by atoms with E-state index in [-0.39, 0.29) is 0 Å². The summed E-state index contributed by atoms with van der Waals surface area (Å²) in [5.41, 5.74) is 4.48. The number of carbonyl (C=O) groups is 1. The van der Waals surface area contributed by atoms with E-state index in [0.29, 0.717) is 23.6 Å². The molecule has 3 aromatic rings. The molecule has 0 amide bonds. The van der Waals surface area contributed by atoms with Crippen molar-refractivity contribution < 1.29 is 14.6 Å². The Labute approximate surface area is 191 Å². The van der Waals surface area contributed by atoms with Crippen LogP contribution >= 0.6 is 0 Å². The lowest BCUT2D eigenvalue weighted by Gasteiger charge is -2.26. The molecule has 1 aliphatic rings. The van der Waals surface area contributed by atoms with E-state index >= 15 is 0 Å². The molecule has 1 aromatic heterocycles. The molecule has 2 heterocycles. The molecule has 1 fully saturated rings. The summed E-state index contributed by atoms with van der Waals surface area (Å²) in [4.78, 5) is 26.4. The fourth-order valence-electron chi connectivity index (χ4n) is 3.35. The lowest BCUT2D eigenvalue weighted by atomic mass is 10.1. The van der Waals surface area contributed by atoms with E-state index in [0.717, 1.165) is 37.2 Å². The highest BCUT2D eigenvalue weighted by Crippen LogP contribution is 2.20. The number of hydrogen-bond donors (Lipinski definition) is 3. The number of piperidine rings is 1. The molecule has 3 N–H and O–H groups in total. The van der Waals surface area contributed by atoms with Crippen LogP contribution in [0.15, 0.2) is 59.7 Å². The number of para-hydroxylation sites is 1. The van der Waals surface area contributed by atoms with E-state index in [1.165, 1.54) is 6.42 Å². The summed E-state index contributed by atoms with van der Waals surface area (Å²) in [5, 5.41) is 16.2. The molecule has 10 nitrogen and oxygen atoms in total. The van der Waals surface area contributed by atoms with Crippen molar-refractivity contribution in [3.05, 3.63) is 60.2 Å². The number of anilines is 4. The third-order valence-electron chi connectivity index (χ3n) is 4.89. The largest absolute Gasteiger partial charge is 0.482 e. The predicted molar refractivity (Wildman–Crippen MR) is 126 cm³/mol. The Morgan fingerprint density at radius 3 is 2.61 bits per heavy atom. The summed E-state index contributed by atoms with van der Waals surface area (Å²) >= 11 is 0. The van der Waals surface area contributed by atoms with Gasteiger partial charge in [0.1, 0.15) is 5.75 Å². The first-order valence-corrected chi connectivity index (χ1v) is 10.7. The number of aliphatic carboxylic acids is 1. The first-order chi connectivity index (χ1) is 16.2. The van der Waals surface area contributed by atoms with Gasteiger partial charge >= 0.3 is 5.97 Å². The Bertz CT molecular complexity index is 1100. The van der Waals surface area contributed by atoms with Gasteiger partial charge in [0.25, 0.3) is 0 Å². The van der Waals surface area contributed by atoms with Crippen molar-refractivity contribution in [2.45, 2.75) is 19.3 Å². The molecule has 33 heavy (non-hydrogen) atoms. The number of nitrogens with zero attached hydrogens (tertiary/aromatic N) is 5. The topological polar surface area (TPSA) is 125 Å². The molecule has 0 aliphatic carbocycles. The van der Waals surface area contributed by atoms with Gasteiger partial charge in [0.05, 0.1) is 6.21 Å². The lowest BCUT2D eigenvalue weighted by molar-refractivity contribution is -0.139. The van der Waals surface area contributed by atoms with Crippen LogP contribution in [0.5, 0.6) is 5.75 Å². The second-order valence-electron chi connectivity index (χ2n) is 7.45. The van der Waals surface area contributed by atoms with Gasteiger partial charge in [0.2, 0.25) is 17.8 Å². The molecule has 0 spiro atoms. The summed E-state index contributed by atoms with van der Waals surface area (Å²) in [6.07, 6.45) is 5.01. The fraction of sp³-hybridized carbons (Fsp3) is 0.261. The molecule has 0 atom stereocenters. The van der Waals surface area contributed by atoms with Crippen LogP contribution in [0.4, 0.5) is 23.5 Å². The van der Waals surface area contributed by atoms with Crippen LogP contribution in [0.2, 0.25) is 0 Å². The van der Waals surface area contributed by atoms with Crippen LogP contribution in [-0.4, -0.2) is 51.9 Å². The summed E-state index contributed by atoms with van der Waals surface area (Å²) in [5.74, 6) is 0.764. The minimum absolute atomic E-state index is 0.318. The van der Waals surface area contributed by atoms with Crippen molar-refractivity contribution in [1.82, 2.24) is 15.0 Å². The van der Waals surface area contributed by atoms with Crippen molar-refractivity contribution in [2.24, 2.45) is 5.10 Å². The summed E-state index contributed by atoms with van der Waals surface area (Å²) < 4.78 is 5.20. The number of ether oxygens (including phenoxy) is 1. The van der Waals surface area contributed by atoms with Crippen LogP contribution in [-0.2, 0) is 4.79 Å². The molecular formula is C23H25N7O3. The van der Waals surface area contributed by atoms with Gasteiger partial charge in [-0.3, -0.25) is 0 Å². The molecule has 0 unspecified atom stereocenters. The van der Waals surface area contributed by atoms with Gasteiger partial charge in [-0.1, -0.05) is 30.3 Å². The van der Waals surface area contributed by atoms with E-state index in [9.17, 15) is 4.79 Å². The number of aromatic nitrogens is 3. The van der Waals surface area contributed by atoms with E-state index < -0.39 is 12.6 Å². The average molecular weight is 447 g/mol. The molecule has 1 aliphatic heterocycles. The number of hydrogen-bond acceptors (Lipinski definition) is 9. The average Bonchev–Trinajstić information content (AvgIpc) is 2.84. The van der Waals surface area contributed by atoms with Crippen LogP contribution in [0, 0.1) is 0 Å². The molecule has 0 bridgehead atoms. The maximum atomic E-state index is 10.7. The van der Waals surface area contributed by atoms with Crippen LogP contribution < -0.4 is 20.4 Å². The normalized spacial score (nSPS) is 13.6. The zero-order chi connectivity index (χ0) is 22.9. The van der Waals surface area contributed by atoms with Crippen molar-refractivity contribution in [3.8, 4) is 5.75 Å². The standard InChI is InChI=1S/C23H25N7O3/c31-20(32)16-33-19-11-7-8-17(14-19)15-24-29-22-26-21(25-18-9-3-1-4-10-18)27-23(28-22)30-12-5-2-6-13-30/h1,3-4,7-11,14-15H,2,5-6,12-13,16H2,(H,31,32)(H2,25,26,27,28,29)/b24-15-. The Morgan fingerprint density at radius 1 is 1.03 bits per heavy atom. The second kappa shape index (κ2) is 10.9. The predicted octanol–water partition coefficient (Wildman–Crippen LogP) is 3.51. The Balaban J connectivity index is 1.50. The van der Waals surface area contributed by atoms with Gasteiger partial charge in [-0.2, -0.15) is 20.1 Å². The zero-order valence-electron chi connectivity index (χ0n) is 18.0. The van der Waals surface area contributed by atoms with Crippen LogP contribution in [0.25, 0.3) is 0 Å². The quantitative estimate of drug-likeness (QED) is 0.334. The van der Waals surface area contributed by atoms with Gasteiger partial charge in [-0.25, -0.2) is 10.2 Å². The van der Waals surface area contributed by atoms with Crippen molar-refractivity contribution >= 4 is 35.7 Å². The summed E-state index contributed by atoms with van der Waals surface area (Å²) in [6, 6.07) is 16.7. The molecule has 2 aromatic carbocycles. The Kier molecular flexibility index (Phi) is 7.26. The van der Waals surface area contributed by atoms with Crippen LogP contribution in [0.1, 0.15) is 24.8 Å². The number of carboxylic acids is 1. The maximum Gasteiger partial charge on any atom is 0.341 e. The molecule has 10 heteroatoms. The second-order valence-corrected chi connectivity index (χ2v) is 7.45. The third kappa shape index (κ3) is 6.63. The van der Waals surface area contributed by atoms with Gasteiger partial charge in [-0.15, -0.1) is 0 Å². The number of benzene rings is 2. The first kappa shape index (κ1) is 22.0. The lowest BCUT2D eigenvalue weighted by Crippen LogP contribution is -2.31. The summed E-state index contributed by atoms with van der Waals surface area (Å²) in [6.45, 7) is 1.40. The summed E-state index contributed by atoms with van der Waals surface area (Å²) in [7, 11) is 0. The first-order valence-electron chi connectivity index (χ1n) is 10.7. The maximum absolute atomic E-state index is 10.7. The minimum Gasteiger partial charge on any atom is -0.482 e. The van der Waals surface area contributed by atoms with Crippen molar-refractivity contribution in [3.63, 3.8) is 0 Å². The van der Waals surface area contributed by atoms with E-state index in [2.05, 4.69) is 35.7 Å². The van der Waals surface area contributed by atoms with E-state index in [1.54, 1.807) is 24.4 Å². The Hall–Kier alpha value is -4.21. The van der Waals surface area contributed by atoms with Crippen molar-refractivity contribution in [1.29, 1.82) is 0 Å². The fourth-order valence-corrected chi connectivity index (χ4v) is 3.35. The zero-order valence-corrected chi connectivity index (χ0v) is 18.0. The molecule has 0 radical (unpaired) electrons. The number of rotatable bonds is 9. The van der Waals surface area contributed by atoms with Crippen LogP contribution in [0.3, 0.4) is 0 Å². The molecule has 170 valence electrons. The number of carboxylic acid groups (broad SMARTS) is 1. The third-order valence-corrected chi connectivity index (χ3v) is 4.89. The van der Waals surface area contributed by atoms with Gasteiger partial charge in [0.15, 0.2) is 6.61 Å². The van der Waals surface area contributed by atoms with Gasteiger partial charge < -0.3 is 20.1 Å². The van der Waals surface area contributed by atoms with Gasteiger partial charge in [0, 0.05) is 18.8 Å². The highest BCUT2D eigenvalue weighted by Gasteiger charge is 2.16. The van der Waals surface area contributed by atoms with E-state index in [1.807, 2.05) is 36.4 Å². The number of nitrogens with one attached hydrogen (secondary N) is 2. The van der Waals surface area contributed by atoms with Gasteiger partial charge in [-0.05, 0) is 49.1 Å². The van der Waals surface area contributed by atoms with Crippen molar-refractivity contribution in [2.75, 3.05) is 35.3 Å². The molecule has 0 saturated carbocycles. The number of hydrazone groups is 1. The molecular weight excluding hydrogens is 422 g/mol. The smallest absolute Gasteiger partial charge is 0.341 e. The molecule has 1 saturated heterocycles. The monoisotopic (exact) mass is 447 g/mol.